The van der Waals surface area contributed by atoms with Crippen LogP contribution in [0.2, 0.25) is 0 Å². The fourth-order valence-electron chi connectivity index (χ4n) is 4.15. The molecule has 0 atom stereocenters. The number of nitrogens with one attached hydrogen (secondary N) is 2. The molecule has 0 amide bonds. The van der Waals surface area contributed by atoms with Gasteiger partial charge in [0.25, 0.3) is 10.0 Å². The number of aryl methyl sites for hydroxylation is 1. The van der Waals surface area contributed by atoms with E-state index in [0.717, 1.165) is 16.7 Å². The van der Waals surface area contributed by atoms with E-state index in [-0.39, 0.29) is 35.2 Å². The van der Waals surface area contributed by atoms with Crippen molar-refractivity contribution in [3.05, 3.63) is 90.3 Å². The van der Waals surface area contributed by atoms with Crippen LogP contribution < -0.4 is 14.2 Å². The molecule has 2 N–H and O–H groups in total. The van der Waals surface area contributed by atoms with Crippen LogP contribution in [-0.4, -0.2) is 52.2 Å². The van der Waals surface area contributed by atoms with E-state index in [9.17, 15) is 8.42 Å². The van der Waals surface area contributed by atoms with Crippen LogP contribution >= 0.6 is 0 Å². The quantitative estimate of drug-likeness (QED) is 0.212. The number of tetrazole rings is 1. The zero-order chi connectivity index (χ0) is 29.7. The average Bonchev–Trinajstić information content (AvgIpc) is 3.51. The van der Waals surface area contributed by atoms with E-state index in [1.54, 1.807) is 24.3 Å². The maximum absolute atomic E-state index is 13.4. The molecule has 0 saturated carbocycles. The van der Waals surface area contributed by atoms with Crippen LogP contribution in [0.1, 0.15) is 31.9 Å². The van der Waals surface area contributed by atoms with Gasteiger partial charge < -0.3 is 9.47 Å². The van der Waals surface area contributed by atoms with Gasteiger partial charge in [-0.1, -0.05) is 62.7 Å². The summed E-state index contributed by atoms with van der Waals surface area (Å²) in [5, 5.41) is 13.8. The third-order valence-electron chi connectivity index (χ3n) is 6.48. The Kier molecular flexibility index (Phi) is 8.16. The Labute approximate surface area is 244 Å². The summed E-state index contributed by atoms with van der Waals surface area (Å²) in [6.07, 6.45) is 1.27. The molecule has 0 bridgehead atoms. The molecule has 42 heavy (non-hydrogen) atoms. The van der Waals surface area contributed by atoms with E-state index in [4.69, 9.17) is 9.47 Å². The lowest BCUT2D eigenvalue weighted by Gasteiger charge is -2.19. The molecule has 12 heteroatoms. The Morgan fingerprint density at radius 3 is 2.14 bits per heavy atom. The number of H-pyrrole nitrogens is 1. The molecule has 0 unspecified atom stereocenters. The van der Waals surface area contributed by atoms with Gasteiger partial charge in [0.05, 0.1) is 10.5 Å². The highest BCUT2D eigenvalue weighted by Crippen LogP contribution is 2.35. The second kappa shape index (κ2) is 12.0. The maximum atomic E-state index is 13.4. The van der Waals surface area contributed by atoms with E-state index in [2.05, 4.69) is 56.1 Å². The highest BCUT2D eigenvalue weighted by atomic mass is 32.2. The summed E-state index contributed by atoms with van der Waals surface area (Å²) >= 11 is 0. The summed E-state index contributed by atoms with van der Waals surface area (Å²) in [5.74, 6) is 1.54. The molecule has 0 aliphatic rings. The molecule has 2 aromatic heterocycles. The topological polar surface area (TPSA) is 145 Å². The van der Waals surface area contributed by atoms with Gasteiger partial charge in [0.1, 0.15) is 25.3 Å². The molecule has 0 fully saturated rings. The zero-order valence-electron chi connectivity index (χ0n) is 23.7. The maximum Gasteiger partial charge on any atom is 0.263 e. The molecular formula is C30H31N7O4S. The minimum absolute atomic E-state index is 0.101. The Balaban J connectivity index is 1.34. The van der Waals surface area contributed by atoms with E-state index in [1.165, 1.54) is 6.33 Å². The van der Waals surface area contributed by atoms with E-state index in [1.807, 2.05) is 55.5 Å². The second-order valence-corrected chi connectivity index (χ2v) is 12.3. The normalized spacial score (nSPS) is 11.7. The van der Waals surface area contributed by atoms with Crippen LogP contribution in [0.3, 0.4) is 0 Å². The van der Waals surface area contributed by atoms with Crippen LogP contribution in [0.25, 0.3) is 22.5 Å². The fraction of sp³-hybridized carbons (Fsp3) is 0.233. The molecule has 0 radical (unpaired) electrons. The van der Waals surface area contributed by atoms with Gasteiger partial charge in [-0.25, -0.2) is 23.5 Å². The third kappa shape index (κ3) is 6.72. The third-order valence-corrected chi connectivity index (χ3v) is 7.83. The molecule has 0 saturated heterocycles. The van der Waals surface area contributed by atoms with Crippen molar-refractivity contribution in [2.24, 2.45) is 0 Å². The van der Waals surface area contributed by atoms with Crippen molar-refractivity contribution in [2.45, 2.75) is 38.0 Å². The molecule has 5 aromatic rings. The molecule has 216 valence electrons. The number of anilines is 1. The molecule has 5 rings (SSSR count). The van der Waals surface area contributed by atoms with Crippen molar-refractivity contribution in [1.82, 2.24) is 30.6 Å². The van der Waals surface area contributed by atoms with Gasteiger partial charge in [0.2, 0.25) is 5.88 Å². The lowest BCUT2D eigenvalue weighted by Crippen LogP contribution is -2.17. The van der Waals surface area contributed by atoms with Gasteiger partial charge in [-0.2, -0.15) is 0 Å². The summed E-state index contributed by atoms with van der Waals surface area (Å²) < 4.78 is 41.2. The Bertz CT molecular complexity index is 1730. The van der Waals surface area contributed by atoms with Gasteiger partial charge in [0.15, 0.2) is 11.6 Å². The first kappa shape index (κ1) is 28.7. The summed E-state index contributed by atoms with van der Waals surface area (Å²) in [7, 11) is -3.95. The molecule has 3 aromatic carbocycles. The number of hydrogen-bond donors (Lipinski definition) is 2. The summed E-state index contributed by atoms with van der Waals surface area (Å²) in [6.45, 7) is 8.57. The van der Waals surface area contributed by atoms with Gasteiger partial charge in [-0.15, -0.1) is 5.10 Å². The first-order valence-electron chi connectivity index (χ1n) is 13.3. The van der Waals surface area contributed by atoms with E-state index >= 15 is 0 Å². The first-order valence-corrected chi connectivity index (χ1v) is 14.7. The lowest BCUT2D eigenvalue weighted by molar-refractivity contribution is 0.212. The van der Waals surface area contributed by atoms with E-state index < -0.39 is 10.0 Å². The van der Waals surface area contributed by atoms with Gasteiger partial charge in [-0.3, -0.25) is 4.72 Å². The molecule has 2 heterocycles. The monoisotopic (exact) mass is 585 g/mol. The Morgan fingerprint density at radius 2 is 1.50 bits per heavy atom. The molecule has 11 nitrogen and oxygen atoms in total. The van der Waals surface area contributed by atoms with Crippen LogP contribution in [0.15, 0.2) is 84.0 Å². The number of aromatic nitrogens is 6. The average molecular weight is 586 g/mol. The van der Waals surface area contributed by atoms with Crippen molar-refractivity contribution in [2.75, 3.05) is 17.9 Å². The van der Waals surface area contributed by atoms with Crippen LogP contribution in [0.5, 0.6) is 11.6 Å². The minimum Gasteiger partial charge on any atom is -0.490 e. The van der Waals surface area contributed by atoms with Crippen molar-refractivity contribution in [1.29, 1.82) is 0 Å². The standard InChI is InChI=1S/C30H31N7O4S/c1-20-5-7-21(8-6-20)26-28(35-42(38,39)25-15-11-23(12-16-25)30(2,3)4)31-19-32-29(26)41-18-17-40-24-13-9-22(10-14-24)27-33-36-37-34-27/h5-16,19H,17-18H2,1-4H3,(H,31,32,35)(H,33,34,36,37). The zero-order valence-corrected chi connectivity index (χ0v) is 24.5. The van der Waals surface area contributed by atoms with Crippen molar-refractivity contribution >= 4 is 15.8 Å². The van der Waals surface area contributed by atoms with E-state index in [0.29, 0.717) is 22.7 Å². The predicted molar refractivity (Wildman–Crippen MR) is 159 cm³/mol. The van der Waals surface area contributed by atoms with Crippen molar-refractivity contribution in [3.8, 4) is 34.1 Å². The summed E-state index contributed by atoms with van der Waals surface area (Å²) in [6, 6.07) is 21.7. The minimum atomic E-state index is -3.95. The number of rotatable bonds is 10. The Hall–Kier alpha value is -4.84. The van der Waals surface area contributed by atoms with Crippen LogP contribution in [0, 0.1) is 6.92 Å². The summed E-state index contributed by atoms with van der Waals surface area (Å²) in [4.78, 5) is 8.73. The predicted octanol–water partition coefficient (Wildman–Crippen LogP) is 5.19. The molecule has 0 spiro atoms. The van der Waals surface area contributed by atoms with Gasteiger partial charge >= 0.3 is 0 Å². The number of hydrogen-bond acceptors (Lipinski definition) is 9. The molecule has 0 aliphatic carbocycles. The number of nitrogens with zero attached hydrogens (tertiary/aromatic N) is 5. The van der Waals surface area contributed by atoms with Crippen LogP contribution in [-0.2, 0) is 15.4 Å². The highest BCUT2D eigenvalue weighted by molar-refractivity contribution is 7.92. The second-order valence-electron chi connectivity index (χ2n) is 10.6. The number of ether oxygens (including phenoxy) is 2. The van der Waals surface area contributed by atoms with Gasteiger partial charge in [-0.05, 0) is 70.3 Å². The van der Waals surface area contributed by atoms with Crippen molar-refractivity contribution in [3.63, 3.8) is 0 Å². The van der Waals surface area contributed by atoms with Crippen LogP contribution in [0.4, 0.5) is 5.82 Å². The Morgan fingerprint density at radius 1 is 0.833 bits per heavy atom. The molecular weight excluding hydrogens is 554 g/mol. The SMILES string of the molecule is Cc1ccc(-c2c(NS(=O)(=O)c3ccc(C(C)(C)C)cc3)ncnc2OCCOc2ccc(-c3nnn[nH]3)cc2)cc1. The van der Waals surface area contributed by atoms with Gasteiger partial charge in [0, 0.05) is 5.56 Å². The fourth-order valence-corrected chi connectivity index (χ4v) is 5.17. The molecule has 0 aliphatic heterocycles. The first-order chi connectivity index (χ1) is 20.1. The number of benzene rings is 3. The number of sulfonamides is 1. The number of aromatic amines is 1. The van der Waals surface area contributed by atoms with Crippen molar-refractivity contribution < 1.29 is 17.9 Å². The smallest absolute Gasteiger partial charge is 0.263 e. The highest BCUT2D eigenvalue weighted by Gasteiger charge is 2.22. The summed E-state index contributed by atoms with van der Waals surface area (Å²) in [5.41, 5.74) is 3.94. The largest absolute Gasteiger partial charge is 0.490 e. The lowest BCUT2D eigenvalue weighted by atomic mass is 9.87.